The number of amides is 1. The molecule has 1 atom stereocenters. The Morgan fingerprint density at radius 1 is 1.00 bits per heavy atom. The number of methoxy groups -OCH3 is 2. The quantitative estimate of drug-likeness (QED) is 0.302. The first kappa shape index (κ1) is 24.5. The van der Waals surface area contributed by atoms with Gasteiger partial charge in [0.2, 0.25) is 5.91 Å². The van der Waals surface area contributed by atoms with Crippen LogP contribution in [0.25, 0.3) is 11.4 Å². The topological polar surface area (TPSA) is 78.3 Å². The minimum atomic E-state index is -0.560. The molecule has 0 spiro atoms. The summed E-state index contributed by atoms with van der Waals surface area (Å²) in [6.07, 6.45) is 0. The van der Waals surface area contributed by atoms with Crippen LogP contribution in [0.4, 0.5) is 5.69 Å². The van der Waals surface area contributed by atoms with E-state index in [1.807, 2.05) is 90.4 Å². The molecule has 1 aromatic heterocycles. The van der Waals surface area contributed by atoms with E-state index in [1.54, 1.807) is 14.2 Å². The Balaban J connectivity index is 1.69. The van der Waals surface area contributed by atoms with E-state index in [0.717, 1.165) is 22.5 Å². The highest BCUT2D eigenvalue weighted by Gasteiger charge is 2.27. The molecule has 7 nitrogen and oxygen atoms in total. The average molecular weight is 489 g/mol. The van der Waals surface area contributed by atoms with E-state index in [4.69, 9.17) is 9.47 Å². The van der Waals surface area contributed by atoms with Crippen molar-refractivity contribution in [3.05, 3.63) is 90.0 Å². The summed E-state index contributed by atoms with van der Waals surface area (Å²) in [5.41, 5.74) is 3.47. The standard InChI is InChI=1S/C27H28N4O3S/c1-19-14-15-23(34-3)22(18-19)28-26(32)24(20-10-6-4-7-11-20)35-27-30-29-25(31(27)16-17-33-2)21-12-8-5-9-13-21/h4-15,18,24H,16-17H2,1-3H3,(H,28,32)/t24-/m1/s1. The molecule has 0 bridgehead atoms. The fraction of sp³-hybridized carbons (Fsp3) is 0.222. The number of aryl methyl sites for hydroxylation is 1. The number of aromatic nitrogens is 3. The van der Waals surface area contributed by atoms with Crippen molar-refractivity contribution in [1.82, 2.24) is 14.8 Å². The van der Waals surface area contributed by atoms with Gasteiger partial charge in [0, 0.05) is 12.7 Å². The number of thioether (sulfide) groups is 1. The van der Waals surface area contributed by atoms with E-state index in [-0.39, 0.29) is 5.91 Å². The zero-order chi connectivity index (χ0) is 24.6. The molecular weight excluding hydrogens is 460 g/mol. The molecular formula is C27H28N4O3S. The molecule has 8 heteroatoms. The molecule has 0 radical (unpaired) electrons. The highest BCUT2D eigenvalue weighted by atomic mass is 32.2. The van der Waals surface area contributed by atoms with Gasteiger partial charge in [-0.2, -0.15) is 0 Å². The highest BCUT2D eigenvalue weighted by molar-refractivity contribution is 8.00. The highest BCUT2D eigenvalue weighted by Crippen LogP contribution is 2.37. The van der Waals surface area contributed by atoms with Crippen molar-refractivity contribution in [3.8, 4) is 17.1 Å². The third-order valence-electron chi connectivity index (χ3n) is 5.44. The van der Waals surface area contributed by atoms with Crippen LogP contribution in [0, 0.1) is 6.92 Å². The molecule has 1 amide bonds. The van der Waals surface area contributed by atoms with Crippen molar-refractivity contribution in [2.45, 2.75) is 23.9 Å². The van der Waals surface area contributed by atoms with Gasteiger partial charge in [-0.05, 0) is 30.2 Å². The third kappa shape index (κ3) is 5.90. The molecule has 0 saturated heterocycles. The summed E-state index contributed by atoms with van der Waals surface area (Å²) in [6, 6.07) is 25.2. The summed E-state index contributed by atoms with van der Waals surface area (Å²) in [5.74, 6) is 1.17. The van der Waals surface area contributed by atoms with Gasteiger partial charge in [-0.25, -0.2) is 0 Å². The Hall–Kier alpha value is -3.62. The molecule has 4 aromatic rings. The van der Waals surface area contributed by atoms with Gasteiger partial charge >= 0.3 is 0 Å². The lowest BCUT2D eigenvalue weighted by molar-refractivity contribution is -0.115. The zero-order valence-corrected chi connectivity index (χ0v) is 20.8. The van der Waals surface area contributed by atoms with Crippen molar-refractivity contribution in [1.29, 1.82) is 0 Å². The van der Waals surface area contributed by atoms with Crippen LogP contribution in [-0.4, -0.2) is 41.5 Å². The van der Waals surface area contributed by atoms with Gasteiger partial charge in [-0.15, -0.1) is 10.2 Å². The molecule has 35 heavy (non-hydrogen) atoms. The SMILES string of the molecule is COCCn1c(S[C@@H](C(=O)Nc2cc(C)ccc2OC)c2ccccc2)nnc1-c1ccccc1. The molecule has 180 valence electrons. The summed E-state index contributed by atoms with van der Waals surface area (Å²) in [5, 5.41) is 12.1. The predicted molar refractivity (Wildman–Crippen MR) is 139 cm³/mol. The summed E-state index contributed by atoms with van der Waals surface area (Å²) in [6.45, 7) is 3.03. The van der Waals surface area contributed by atoms with Crippen LogP contribution in [0.1, 0.15) is 16.4 Å². The Labute approximate surface area is 209 Å². The molecule has 1 N–H and O–H groups in total. The number of hydrogen-bond acceptors (Lipinski definition) is 6. The van der Waals surface area contributed by atoms with Crippen LogP contribution in [0.5, 0.6) is 5.75 Å². The van der Waals surface area contributed by atoms with Gasteiger partial charge in [0.1, 0.15) is 11.0 Å². The lowest BCUT2D eigenvalue weighted by Gasteiger charge is -2.19. The third-order valence-corrected chi connectivity index (χ3v) is 6.68. The average Bonchev–Trinajstić information content (AvgIpc) is 3.29. The zero-order valence-electron chi connectivity index (χ0n) is 20.0. The van der Waals surface area contributed by atoms with E-state index in [2.05, 4.69) is 15.5 Å². The Morgan fingerprint density at radius 3 is 2.40 bits per heavy atom. The van der Waals surface area contributed by atoms with Gasteiger partial charge in [-0.1, -0.05) is 78.5 Å². The number of anilines is 1. The fourth-order valence-corrected chi connectivity index (χ4v) is 4.75. The first-order chi connectivity index (χ1) is 17.1. The maximum atomic E-state index is 13.6. The number of carbonyl (C=O) groups excluding carboxylic acids is 1. The minimum absolute atomic E-state index is 0.173. The molecule has 4 rings (SSSR count). The molecule has 0 aliphatic heterocycles. The van der Waals surface area contributed by atoms with E-state index >= 15 is 0 Å². The minimum Gasteiger partial charge on any atom is -0.495 e. The van der Waals surface area contributed by atoms with Gasteiger partial charge in [0.05, 0.1) is 25.9 Å². The Morgan fingerprint density at radius 2 is 1.71 bits per heavy atom. The first-order valence-corrected chi connectivity index (χ1v) is 12.1. The van der Waals surface area contributed by atoms with Gasteiger partial charge in [0.25, 0.3) is 0 Å². The molecule has 0 saturated carbocycles. The summed E-state index contributed by atoms with van der Waals surface area (Å²) in [4.78, 5) is 13.6. The van der Waals surface area contributed by atoms with Crippen LogP contribution in [0.15, 0.2) is 84.0 Å². The first-order valence-electron chi connectivity index (χ1n) is 11.3. The van der Waals surface area contributed by atoms with Crippen LogP contribution < -0.4 is 10.1 Å². The normalized spacial score (nSPS) is 11.7. The summed E-state index contributed by atoms with van der Waals surface area (Å²) in [7, 11) is 3.25. The van der Waals surface area contributed by atoms with Crippen molar-refractivity contribution >= 4 is 23.4 Å². The van der Waals surface area contributed by atoms with Gasteiger partial charge in [-0.3, -0.25) is 9.36 Å². The second-order valence-electron chi connectivity index (χ2n) is 7.92. The summed E-state index contributed by atoms with van der Waals surface area (Å²) >= 11 is 1.36. The fourth-order valence-electron chi connectivity index (χ4n) is 3.68. The van der Waals surface area contributed by atoms with Crippen LogP contribution in [-0.2, 0) is 16.1 Å². The van der Waals surface area contributed by atoms with Crippen molar-refractivity contribution in [2.75, 3.05) is 26.1 Å². The Kier molecular flexibility index (Phi) is 8.18. The van der Waals surface area contributed by atoms with E-state index in [1.165, 1.54) is 11.8 Å². The molecule has 0 aliphatic carbocycles. The van der Waals surface area contributed by atoms with E-state index in [0.29, 0.717) is 29.7 Å². The molecule has 0 unspecified atom stereocenters. The van der Waals surface area contributed by atoms with E-state index < -0.39 is 5.25 Å². The van der Waals surface area contributed by atoms with Crippen molar-refractivity contribution in [2.24, 2.45) is 0 Å². The number of benzene rings is 3. The molecule has 3 aromatic carbocycles. The molecule has 0 aliphatic rings. The van der Waals surface area contributed by atoms with Crippen LogP contribution in [0.3, 0.4) is 0 Å². The second kappa shape index (κ2) is 11.7. The maximum absolute atomic E-state index is 13.6. The van der Waals surface area contributed by atoms with Gasteiger partial charge < -0.3 is 14.8 Å². The lowest BCUT2D eigenvalue weighted by atomic mass is 10.1. The van der Waals surface area contributed by atoms with Gasteiger partial charge in [0.15, 0.2) is 11.0 Å². The number of nitrogens with one attached hydrogen (secondary N) is 1. The van der Waals surface area contributed by atoms with Crippen LogP contribution >= 0.6 is 11.8 Å². The van der Waals surface area contributed by atoms with E-state index in [9.17, 15) is 4.79 Å². The number of hydrogen-bond donors (Lipinski definition) is 1. The van der Waals surface area contributed by atoms with Crippen molar-refractivity contribution < 1.29 is 14.3 Å². The number of carbonyl (C=O) groups is 1. The second-order valence-corrected chi connectivity index (χ2v) is 8.99. The largest absolute Gasteiger partial charge is 0.495 e. The number of rotatable bonds is 10. The molecule has 1 heterocycles. The smallest absolute Gasteiger partial charge is 0.242 e. The maximum Gasteiger partial charge on any atom is 0.242 e. The number of ether oxygens (including phenoxy) is 2. The monoisotopic (exact) mass is 488 g/mol. The summed E-state index contributed by atoms with van der Waals surface area (Å²) < 4.78 is 12.8. The number of nitrogens with zero attached hydrogens (tertiary/aromatic N) is 3. The lowest BCUT2D eigenvalue weighted by Crippen LogP contribution is -2.20. The van der Waals surface area contributed by atoms with Crippen molar-refractivity contribution in [3.63, 3.8) is 0 Å². The van der Waals surface area contributed by atoms with Crippen LogP contribution in [0.2, 0.25) is 0 Å². The predicted octanol–water partition coefficient (Wildman–Crippen LogP) is 5.38. The molecule has 0 fully saturated rings. The Bertz CT molecular complexity index is 1260.